The van der Waals surface area contributed by atoms with E-state index in [0.717, 1.165) is 17.7 Å². The smallest absolute Gasteiger partial charge is 0.0950 e. The first-order valence-electron chi connectivity index (χ1n) is 6.10. The maximum absolute atomic E-state index is 5.75. The zero-order valence-corrected chi connectivity index (χ0v) is 11.3. The van der Waals surface area contributed by atoms with Crippen LogP contribution in [0.4, 0.5) is 0 Å². The predicted molar refractivity (Wildman–Crippen MR) is 76.2 cm³/mol. The third kappa shape index (κ3) is 2.61. The van der Waals surface area contributed by atoms with Gasteiger partial charge in [-0.25, -0.2) is 0 Å². The molecule has 0 unspecified atom stereocenters. The van der Waals surface area contributed by atoms with Gasteiger partial charge in [0.05, 0.1) is 24.6 Å². The van der Waals surface area contributed by atoms with E-state index in [1.807, 2.05) is 6.07 Å². The summed E-state index contributed by atoms with van der Waals surface area (Å²) in [6.07, 6.45) is 6.10. The largest absolute Gasteiger partial charge is 0.372 e. The number of hydrogen-bond acceptors (Lipinski definition) is 4. The van der Waals surface area contributed by atoms with E-state index >= 15 is 0 Å². The molecule has 0 saturated heterocycles. The molecule has 0 amide bonds. The Balaban J connectivity index is 0.00000133. The maximum atomic E-state index is 5.75. The Hall–Kier alpha value is -1.49. The van der Waals surface area contributed by atoms with Gasteiger partial charge < -0.3 is 10.5 Å². The highest BCUT2D eigenvalue weighted by Crippen LogP contribution is 2.32. The molecule has 0 spiro atoms. The summed E-state index contributed by atoms with van der Waals surface area (Å²) in [5, 5.41) is 0. The molecule has 5 heteroatoms. The molecule has 1 atom stereocenters. The van der Waals surface area contributed by atoms with Gasteiger partial charge in [-0.3, -0.25) is 9.97 Å². The van der Waals surface area contributed by atoms with Crippen LogP contribution in [0.3, 0.4) is 0 Å². The zero-order valence-electron chi connectivity index (χ0n) is 10.5. The minimum absolute atomic E-state index is 0. The molecule has 1 aliphatic heterocycles. The van der Waals surface area contributed by atoms with Crippen LogP contribution in [0.1, 0.15) is 17.2 Å². The first-order valence-corrected chi connectivity index (χ1v) is 6.10. The molecule has 1 aliphatic rings. The maximum Gasteiger partial charge on any atom is 0.0950 e. The summed E-state index contributed by atoms with van der Waals surface area (Å²) in [5.41, 5.74) is 10.3. The second-order valence-corrected chi connectivity index (χ2v) is 4.31. The standard InChI is InChI=1S/C14H15N3O.ClH/c15-8-14-12-3-1-2-11(10(12)4-7-18-14)13-9-16-5-6-17-13;/h1-3,5-6,9,14H,4,7-8,15H2;1H/t14-;/m1./s1. The molecule has 2 aromatic rings. The van der Waals surface area contributed by atoms with Crippen molar-refractivity contribution in [2.45, 2.75) is 12.5 Å². The van der Waals surface area contributed by atoms with Gasteiger partial charge in [-0.05, 0) is 17.5 Å². The number of nitrogens with zero attached hydrogens (tertiary/aromatic N) is 2. The number of rotatable bonds is 2. The van der Waals surface area contributed by atoms with Gasteiger partial charge in [0, 0.05) is 24.5 Å². The first kappa shape index (κ1) is 13.9. The van der Waals surface area contributed by atoms with Crippen molar-refractivity contribution in [3.05, 3.63) is 47.9 Å². The molecule has 3 rings (SSSR count). The topological polar surface area (TPSA) is 61.0 Å². The van der Waals surface area contributed by atoms with Crippen molar-refractivity contribution in [1.82, 2.24) is 9.97 Å². The number of benzene rings is 1. The van der Waals surface area contributed by atoms with Crippen LogP contribution < -0.4 is 5.73 Å². The highest BCUT2D eigenvalue weighted by atomic mass is 35.5. The van der Waals surface area contributed by atoms with Crippen molar-refractivity contribution >= 4 is 12.4 Å². The van der Waals surface area contributed by atoms with Crippen molar-refractivity contribution in [3.8, 4) is 11.3 Å². The molecule has 2 heterocycles. The SMILES string of the molecule is Cl.NC[C@H]1OCCc2c(-c3cnccn3)cccc21. The van der Waals surface area contributed by atoms with Gasteiger partial charge in [0.2, 0.25) is 0 Å². The van der Waals surface area contributed by atoms with Gasteiger partial charge in [0.25, 0.3) is 0 Å². The third-order valence-electron chi connectivity index (χ3n) is 3.28. The third-order valence-corrected chi connectivity index (χ3v) is 3.28. The average Bonchev–Trinajstić information content (AvgIpc) is 2.47. The fourth-order valence-corrected chi connectivity index (χ4v) is 2.45. The summed E-state index contributed by atoms with van der Waals surface area (Å²) in [6.45, 7) is 1.23. The van der Waals surface area contributed by atoms with Crippen LogP contribution in [-0.4, -0.2) is 23.1 Å². The van der Waals surface area contributed by atoms with Crippen molar-refractivity contribution in [3.63, 3.8) is 0 Å². The molecule has 100 valence electrons. The molecule has 0 radical (unpaired) electrons. The average molecular weight is 278 g/mol. The van der Waals surface area contributed by atoms with E-state index in [1.54, 1.807) is 18.6 Å². The lowest BCUT2D eigenvalue weighted by atomic mass is 9.91. The van der Waals surface area contributed by atoms with Gasteiger partial charge in [-0.1, -0.05) is 18.2 Å². The van der Waals surface area contributed by atoms with Gasteiger partial charge in [-0.2, -0.15) is 0 Å². The molecule has 0 aliphatic carbocycles. The Morgan fingerprint density at radius 3 is 2.95 bits per heavy atom. The van der Waals surface area contributed by atoms with E-state index in [4.69, 9.17) is 10.5 Å². The van der Waals surface area contributed by atoms with Gasteiger partial charge >= 0.3 is 0 Å². The van der Waals surface area contributed by atoms with Crippen molar-refractivity contribution in [2.24, 2.45) is 5.73 Å². The van der Waals surface area contributed by atoms with Crippen molar-refractivity contribution < 1.29 is 4.74 Å². The van der Waals surface area contributed by atoms with Gasteiger partial charge in [0.15, 0.2) is 0 Å². The number of halogens is 1. The summed E-state index contributed by atoms with van der Waals surface area (Å²) in [5.74, 6) is 0. The monoisotopic (exact) mass is 277 g/mol. The van der Waals surface area contributed by atoms with Crippen LogP contribution in [0.25, 0.3) is 11.3 Å². The van der Waals surface area contributed by atoms with Crippen LogP contribution in [0.2, 0.25) is 0 Å². The Morgan fingerprint density at radius 2 is 2.21 bits per heavy atom. The summed E-state index contributed by atoms with van der Waals surface area (Å²) in [6, 6.07) is 6.20. The van der Waals surface area contributed by atoms with Crippen LogP contribution in [-0.2, 0) is 11.2 Å². The van der Waals surface area contributed by atoms with Crippen LogP contribution in [0, 0.1) is 0 Å². The van der Waals surface area contributed by atoms with Gasteiger partial charge in [-0.15, -0.1) is 12.4 Å². The van der Waals surface area contributed by atoms with Crippen LogP contribution >= 0.6 is 12.4 Å². The fraction of sp³-hybridized carbons (Fsp3) is 0.286. The Labute approximate surface area is 118 Å². The van der Waals surface area contributed by atoms with Crippen LogP contribution in [0.15, 0.2) is 36.8 Å². The summed E-state index contributed by atoms with van der Waals surface area (Å²) >= 11 is 0. The molecule has 4 nitrogen and oxygen atoms in total. The fourth-order valence-electron chi connectivity index (χ4n) is 2.45. The predicted octanol–water partition coefficient (Wildman–Crippen LogP) is 2.14. The zero-order chi connectivity index (χ0) is 12.4. The Bertz CT molecular complexity index is 548. The molecule has 0 bridgehead atoms. The summed E-state index contributed by atoms with van der Waals surface area (Å²) < 4.78 is 5.68. The second kappa shape index (κ2) is 6.10. The van der Waals surface area contributed by atoms with E-state index in [1.165, 1.54) is 11.1 Å². The van der Waals surface area contributed by atoms with E-state index in [-0.39, 0.29) is 18.5 Å². The van der Waals surface area contributed by atoms with Crippen molar-refractivity contribution in [2.75, 3.05) is 13.2 Å². The first-order chi connectivity index (χ1) is 8.90. The van der Waals surface area contributed by atoms with E-state index in [2.05, 4.69) is 22.1 Å². The minimum Gasteiger partial charge on any atom is -0.372 e. The molecule has 1 aromatic heterocycles. The lowest BCUT2D eigenvalue weighted by Crippen LogP contribution is -2.23. The second-order valence-electron chi connectivity index (χ2n) is 4.31. The number of aromatic nitrogens is 2. The Morgan fingerprint density at radius 1 is 1.32 bits per heavy atom. The van der Waals surface area contributed by atoms with E-state index in [0.29, 0.717) is 13.2 Å². The molecule has 0 saturated carbocycles. The molecular weight excluding hydrogens is 262 g/mol. The van der Waals surface area contributed by atoms with E-state index < -0.39 is 0 Å². The quantitative estimate of drug-likeness (QED) is 0.914. The van der Waals surface area contributed by atoms with Gasteiger partial charge in [0.1, 0.15) is 0 Å². The van der Waals surface area contributed by atoms with Crippen molar-refractivity contribution in [1.29, 1.82) is 0 Å². The Kier molecular flexibility index (Phi) is 4.47. The molecule has 19 heavy (non-hydrogen) atoms. The summed E-state index contributed by atoms with van der Waals surface area (Å²) in [4.78, 5) is 8.50. The van der Waals surface area contributed by atoms with E-state index in [9.17, 15) is 0 Å². The lowest BCUT2D eigenvalue weighted by Gasteiger charge is -2.26. The number of fused-ring (bicyclic) bond motifs is 1. The molecular formula is C14H16ClN3O. The highest BCUT2D eigenvalue weighted by Gasteiger charge is 2.22. The molecule has 0 fully saturated rings. The number of ether oxygens (including phenoxy) is 1. The van der Waals surface area contributed by atoms with Crippen LogP contribution in [0.5, 0.6) is 0 Å². The number of nitrogens with two attached hydrogens (primary N) is 1. The minimum atomic E-state index is 0. The molecule has 2 N–H and O–H groups in total. The molecule has 1 aromatic carbocycles. The lowest BCUT2D eigenvalue weighted by molar-refractivity contribution is 0.0486. The number of hydrogen-bond donors (Lipinski definition) is 1. The summed E-state index contributed by atoms with van der Waals surface area (Å²) in [7, 11) is 0. The normalized spacial score (nSPS) is 17.4. The highest BCUT2D eigenvalue weighted by molar-refractivity contribution is 5.85.